The molecule has 4 aromatic rings. The number of hydrogen-bond donors (Lipinski definition) is 4. The first kappa shape index (κ1) is 30.0. The van der Waals surface area contributed by atoms with Gasteiger partial charge in [-0.25, -0.2) is 4.79 Å². The van der Waals surface area contributed by atoms with E-state index in [0.717, 1.165) is 0 Å². The van der Waals surface area contributed by atoms with Gasteiger partial charge in [0.15, 0.2) is 11.6 Å². The molecule has 0 radical (unpaired) electrons. The molecule has 9 nitrogen and oxygen atoms in total. The summed E-state index contributed by atoms with van der Waals surface area (Å²) in [7, 11) is 0. The second-order valence-electron chi connectivity index (χ2n) is 9.46. The van der Waals surface area contributed by atoms with Gasteiger partial charge in [0, 0.05) is 35.3 Å². The Labute approximate surface area is 243 Å². The lowest BCUT2D eigenvalue weighted by Crippen LogP contribution is -2.44. The first-order valence-electron chi connectivity index (χ1n) is 13.4. The maximum atomic E-state index is 12.5. The molecular formula is C33H32N2O7. The molecule has 4 aromatic carbocycles. The molecule has 4 N–H and O–H groups in total. The third kappa shape index (κ3) is 9.02. The van der Waals surface area contributed by atoms with E-state index in [4.69, 9.17) is 9.47 Å². The molecule has 9 heteroatoms. The minimum Gasteiger partial charge on any atom is -0.491 e. The normalized spacial score (nSPS) is 12.0. The molecule has 0 bridgehead atoms. The van der Waals surface area contributed by atoms with E-state index >= 15 is 0 Å². The van der Waals surface area contributed by atoms with Crippen LogP contribution in [0.3, 0.4) is 0 Å². The molecule has 0 aliphatic heterocycles. The van der Waals surface area contributed by atoms with Crippen molar-refractivity contribution in [2.75, 3.05) is 26.3 Å². The summed E-state index contributed by atoms with van der Waals surface area (Å²) in [6.07, 6.45) is -1.96. The van der Waals surface area contributed by atoms with Crippen molar-refractivity contribution >= 4 is 17.6 Å². The van der Waals surface area contributed by atoms with Crippen LogP contribution >= 0.6 is 0 Å². The van der Waals surface area contributed by atoms with Gasteiger partial charge in [-0.1, -0.05) is 60.7 Å². The van der Waals surface area contributed by atoms with E-state index in [1.807, 2.05) is 12.1 Å². The van der Waals surface area contributed by atoms with E-state index in [-0.39, 0.29) is 37.9 Å². The van der Waals surface area contributed by atoms with E-state index in [1.165, 1.54) is 0 Å². The maximum Gasteiger partial charge on any atom is 0.314 e. The summed E-state index contributed by atoms with van der Waals surface area (Å²) in [5.41, 5.74) is 2.23. The van der Waals surface area contributed by atoms with Crippen LogP contribution in [-0.4, -0.2) is 66.3 Å². The van der Waals surface area contributed by atoms with Gasteiger partial charge >= 0.3 is 6.03 Å². The van der Waals surface area contributed by atoms with Crippen molar-refractivity contribution in [1.82, 2.24) is 10.6 Å². The number of aliphatic hydroxyl groups is 2. The Hall–Kier alpha value is -4.99. The Morgan fingerprint density at radius 1 is 0.524 bits per heavy atom. The van der Waals surface area contributed by atoms with Crippen LogP contribution in [0, 0.1) is 0 Å². The van der Waals surface area contributed by atoms with Crippen molar-refractivity contribution in [1.29, 1.82) is 0 Å². The molecular weight excluding hydrogens is 536 g/mol. The average molecular weight is 569 g/mol. The number of carbonyl (C=O) groups is 3. The molecule has 2 atom stereocenters. The molecule has 0 saturated heterocycles. The highest BCUT2D eigenvalue weighted by Gasteiger charge is 2.13. The first-order chi connectivity index (χ1) is 20.4. The number of ether oxygens (including phenoxy) is 2. The van der Waals surface area contributed by atoms with E-state index < -0.39 is 18.2 Å². The fourth-order valence-electron chi connectivity index (χ4n) is 3.90. The number of hydrogen-bond acceptors (Lipinski definition) is 7. The van der Waals surface area contributed by atoms with E-state index in [0.29, 0.717) is 33.8 Å². The van der Waals surface area contributed by atoms with Gasteiger partial charge in [-0.2, -0.15) is 0 Å². The van der Waals surface area contributed by atoms with Crippen molar-refractivity contribution in [2.45, 2.75) is 12.2 Å². The summed E-state index contributed by atoms with van der Waals surface area (Å²) in [5, 5.41) is 25.3. The largest absolute Gasteiger partial charge is 0.491 e. The molecule has 216 valence electrons. The number of amides is 2. The lowest BCUT2D eigenvalue weighted by Gasteiger charge is -2.16. The molecule has 0 aromatic heterocycles. The molecule has 2 amide bonds. The van der Waals surface area contributed by atoms with E-state index in [9.17, 15) is 24.6 Å². The topological polar surface area (TPSA) is 134 Å². The van der Waals surface area contributed by atoms with Crippen LogP contribution in [0.15, 0.2) is 109 Å². The predicted molar refractivity (Wildman–Crippen MR) is 157 cm³/mol. The summed E-state index contributed by atoms with van der Waals surface area (Å²) in [4.78, 5) is 37.0. The Morgan fingerprint density at radius 2 is 0.857 bits per heavy atom. The average Bonchev–Trinajstić information content (AvgIpc) is 3.05. The second-order valence-corrected chi connectivity index (χ2v) is 9.46. The van der Waals surface area contributed by atoms with Crippen LogP contribution < -0.4 is 20.1 Å². The van der Waals surface area contributed by atoms with Gasteiger partial charge in [-0.15, -0.1) is 0 Å². The molecule has 0 aliphatic rings. The molecule has 0 fully saturated rings. The summed E-state index contributed by atoms with van der Waals surface area (Å²) < 4.78 is 11.1. The number of urea groups is 1. The minimum absolute atomic E-state index is 0.0710. The van der Waals surface area contributed by atoms with Crippen LogP contribution in [0.2, 0.25) is 0 Å². The second kappa shape index (κ2) is 15.1. The zero-order valence-electron chi connectivity index (χ0n) is 22.8. The molecule has 42 heavy (non-hydrogen) atoms. The summed E-state index contributed by atoms with van der Waals surface area (Å²) >= 11 is 0. The maximum absolute atomic E-state index is 12.5. The zero-order valence-corrected chi connectivity index (χ0v) is 22.8. The number of carbonyl (C=O) groups excluding carboxylic acids is 3. The van der Waals surface area contributed by atoms with Crippen LogP contribution in [0.4, 0.5) is 4.79 Å². The Morgan fingerprint density at radius 3 is 1.21 bits per heavy atom. The van der Waals surface area contributed by atoms with Gasteiger partial charge in [0.2, 0.25) is 0 Å². The summed E-state index contributed by atoms with van der Waals surface area (Å²) in [5.74, 6) is 0.757. The molecule has 0 heterocycles. The van der Waals surface area contributed by atoms with Gasteiger partial charge in [0.25, 0.3) is 0 Å². The molecule has 0 saturated carbocycles. The highest BCUT2D eigenvalue weighted by molar-refractivity contribution is 6.09. The number of nitrogens with one attached hydrogen (secondary N) is 2. The summed E-state index contributed by atoms with van der Waals surface area (Å²) in [6.45, 7) is -0.287. The third-order valence-electron chi connectivity index (χ3n) is 6.19. The van der Waals surface area contributed by atoms with Crippen LogP contribution in [-0.2, 0) is 0 Å². The third-order valence-corrected chi connectivity index (χ3v) is 6.19. The van der Waals surface area contributed by atoms with Crippen molar-refractivity contribution in [3.05, 3.63) is 131 Å². The van der Waals surface area contributed by atoms with E-state index in [2.05, 4.69) is 10.6 Å². The minimum atomic E-state index is -0.980. The predicted octanol–water partition coefficient (Wildman–Crippen LogP) is 3.63. The highest BCUT2D eigenvalue weighted by atomic mass is 16.5. The fourth-order valence-corrected chi connectivity index (χ4v) is 3.90. The fraction of sp³-hybridized carbons (Fsp3) is 0.182. The van der Waals surface area contributed by atoms with E-state index in [1.54, 1.807) is 97.1 Å². The molecule has 0 spiro atoms. The van der Waals surface area contributed by atoms with Crippen molar-refractivity contribution in [2.24, 2.45) is 0 Å². The number of aliphatic hydroxyl groups excluding tert-OH is 2. The number of rotatable bonds is 14. The van der Waals surface area contributed by atoms with Gasteiger partial charge < -0.3 is 30.3 Å². The molecule has 4 rings (SSSR count). The number of ketones is 2. The number of benzene rings is 4. The zero-order chi connectivity index (χ0) is 29.7. The molecule has 0 aliphatic carbocycles. The smallest absolute Gasteiger partial charge is 0.314 e. The van der Waals surface area contributed by atoms with Crippen molar-refractivity contribution < 1.29 is 34.1 Å². The van der Waals surface area contributed by atoms with Crippen LogP contribution in [0.1, 0.15) is 31.8 Å². The summed E-state index contributed by atoms with van der Waals surface area (Å²) in [6, 6.07) is 30.5. The quantitative estimate of drug-likeness (QED) is 0.171. The lowest BCUT2D eigenvalue weighted by molar-refractivity contribution is 0.102. The van der Waals surface area contributed by atoms with Gasteiger partial charge in [0.1, 0.15) is 36.9 Å². The molecule has 2 unspecified atom stereocenters. The SMILES string of the molecule is O=C(NCC(O)COc1ccc(C(=O)c2ccccc2)cc1)NCC(O)COc1ccc(C(=O)c2ccccc2)cc1. The standard InChI is InChI=1S/C33H32N2O7/c36-27(21-41-29-15-11-25(12-16-29)31(38)23-7-3-1-4-8-23)19-34-33(40)35-20-28(37)22-42-30-17-13-26(14-18-30)32(39)24-9-5-2-6-10-24/h1-18,27-28,36-37H,19-22H2,(H2,34,35,40). The van der Waals surface area contributed by atoms with Gasteiger partial charge in [-0.3, -0.25) is 9.59 Å². The lowest BCUT2D eigenvalue weighted by atomic mass is 10.0. The monoisotopic (exact) mass is 568 g/mol. The van der Waals surface area contributed by atoms with Gasteiger partial charge in [0.05, 0.1) is 0 Å². The van der Waals surface area contributed by atoms with Crippen LogP contribution in [0.5, 0.6) is 11.5 Å². The Bertz CT molecular complexity index is 1330. The van der Waals surface area contributed by atoms with Crippen molar-refractivity contribution in [3.63, 3.8) is 0 Å². The van der Waals surface area contributed by atoms with Gasteiger partial charge in [-0.05, 0) is 48.5 Å². The Balaban J connectivity index is 1.10. The first-order valence-corrected chi connectivity index (χ1v) is 13.4. The van der Waals surface area contributed by atoms with Crippen LogP contribution in [0.25, 0.3) is 0 Å². The van der Waals surface area contributed by atoms with Crippen molar-refractivity contribution in [3.8, 4) is 11.5 Å². The highest BCUT2D eigenvalue weighted by Crippen LogP contribution is 2.17. The Kier molecular flexibility index (Phi) is 10.8.